The van der Waals surface area contributed by atoms with E-state index in [-0.39, 0.29) is 0 Å². The van der Waals surface area contributed by atoms with Gasteiger partial charge >= 0.3 is 13.2 Å². The van der Waals surface area contributed by atoms with Crippen LogP contribution in [0.25, 0.3) is 0 Å². The first kappa shape index (κ1) is 13.8. The lowest BCUT2D eigenvalue weighted by Crippen LogP contribution is -2.36. The molecule has 1 aromatic rings. The van der Waals surface area contributed by atoms with E-state index in [4.69, 9.17) is 4.74 Å². The van der Waals surface area contributed by atoms with Gasteiger partial charge in [-0.05, 0) is 32.8 Å². The summed E-state index contributed by atoms with van der Waals surface area (Å²) in [5.74, 6) is 0. The molecule has 0 aliphatic carbocycles. The number of aromatic nitrogens is 1. The minimum Gasteiger partial charge on any atom is -0.443 e. The summed E-state index contributed by atoms with van der Waals surface area (Å²) in [5, 5.41) is 18.6. The molecule has 0 unspecified atom stereocenters. The van der Waals surface area contributed by atoms with Crippen molar-refractivity contribution in [2.75, 3.05) is 11.4 Å². The number of nitrogens with zero attached hydrogens (tertiary/aromatic N) is 2. The molecule has 102 valence electrons. The smallest absolute Gasteiger partial charge is 0.443 e. The Labute approximate surface area is 112 Å². The van der Waals surface area contributed by atoms with Gasteiger partial charge in [0.2, 0.25) is 0 Å². The van der Waals surface area contributed by atoms with E-state index in [1.807, 2.05) is 0 Å². The van der Waals surface area contributed by atoms with Crippen molar-refractivity contribution in [1.82, 2.24) is 4.98 Å². The zero-order valence-electron chi connectivity index (χ0n) is 11.3. The van der Waals surface area contributed by atoms with E-state index in [0.29, 0.717) is 24.1 Å². The minimum atomic E-state index is -1.58. The van der Waals surface area contributed by atoms with Crippen LogP contribution in [0.4, 0.5) is 10.5 Å². The number of fused-ring (bicyclic) bond motifs is 1. The number of anilines is 1. The largest absolute Gasteiger partial charge is 0.490 e. The van der Waals surface area contributed by atoms with Crippen LogP contribution in [-0.4, -0.2) is 40.4 Å². The summed E-state index contributed by atoms with van der Waals surface area (Å²) in [7, 11) is -1.58. The second-order valence-corrected chi connectivity index (χ2v) is 5.48. The topological polar surface area (TPSA) is 82.9 Å². The molecule has 19 heavy (non-hydrogen) atoms. The average Bonchev–Trinajstić information content (AvgIpc) is 2.69. The van der Waals surface area contributed by atoms with Crippen molar-refractivity contribution in [3.8, 4) is 0 Å². The van der Waals surface area contributed by atoms with Crippen LogP contribution in [-0.2, 0) is 11.2 Å². The first-order valence-electron chi connectivity index (χ1n) is 6.13. The van der Waals surface area contributed by atoms with Crippen molar-refractivity contribution in [2.24, 2.45) is 0 Å². The van der Waals surface area contributed by atoms with Crippen LogP contribution >= 0.6 is 0 Å². The van der Waals surface area contributed by atoms with Crippen molar-refractivity contribution in [2.45, 2.75) is 32.8 Å². The fourth-order valence-corrected chi connectivity index (χ4v) is 2.07. The number of amides is 1. The summed E-state index contributed by atoms with van der Waals surface area (Å²) in [5.41, 5.74) is 1.08. The van der Waals surface area contributed by atoms with Gasteiger partial charge in [0.15, 0.2) is 0 Å². The van der Waals surface area contributed by atoms with Crippen LogP contribution in [0.2, 0.25) is 0 Å². The zero-order valence-corrected chi connectivity index (χ0v) is 11.3. The van der Waals surface area contributed by atoms with E-state index >= 15 is 0 Å². The van der Waals surface area contributed by atoms with Crippen LogP contribution in [0.3, 0.4) is 0 Å². The molecule has 2 heterocycles. The number of rotatable bonds is 1. The molecule has 1 aliphatic rings. The number of hydrogen-bond donors (Lipinski definition) is 2. The summed E-state index contributed by atoms with van der Waals surface area (Å²) < 4.78 is 5.31. The lowest BCUT2D eigenvalue weighted by Gasteiger charge is -2.24. The van der Waals surface area contributed by atoms with Gasteiger partial charge in [0.1, 0.15) is 5.60 Å². The Balaban J connectivity index is 2.28. The van der Waals surface area contributed by atoms with Gasteiger partial charge in [-0.2, -0.15) is 0 Å². The molecule has 1 aliphatic heterocycles. The average molecular weight is 264 g/mol. The number of hydrogen-bond acceptors (Lipinski definition) is 5. The summed E-state index contributed by atoms with van der Waals surface area (Å²) in [6.45, 7) is 5.85. The molecule has 1 aromatic heterocycles. The van der Waals surface area contributed by atoms with Crippen molar-refractivity contribution in [1.29, 1.82) is 0 Å². The highest BCUT2D eigenvalue weighted by Gasteiger charge is 2.32. The van der Waals surface area contributed by atoms with Gasteiger partial charge in [0.05, 0.1) is 11.9 Å². The van der Waals surface area contributed by atoms with Crippen LogP contribution < -0.4 is 10.4 Å². The Morgan fingerprint density at radius 1 is 1.42 bits per heavy atom. The van der Waals surface area contributed by atoms with E-state index in [0.717, 1.165) is 5.56 Å². The van der Waals surface area contributed by atoms with Crippen molar-refractivity contribution >= 4 is 24.4 Å². The molecule has 6 nitrogen and oxygen atoms in total. The molecule has 1 amide bonds. The molecule has 0 saturated heterocycles. The Kier molecular flexibility index (Phi) is 3.51. The van der Waals surface area contributed by atoms with E-state index < -0.39 is 18.8 Å². The van der Waals surface area contributed by atoms with Gasteiger partial charge in [-0.1, -0.05) is 0 Å². The van der Waals surface area contributed by atoms with E-state index in [1.54, 1.807) is 20.8 Å². The number of carbonyl (C=O) groups excluding carboxylic acids is 1. The molecule has 2 N–H and O–H groups in total. The summed E-state index contributed by atoms with van der Waals surface area (Å²) in [6.07, 6.45) is 3.06. The van der Waals surface area contributed by atoms with Gasteiger partial charge in [0.25, 0.3) is 0 Å². The van der Waals surface area contributed by atoms with E-state index in [9.17, 15) is 14.8 Å². The lowest BCUT2D eigenvalue weighted by atomic mass is 9.77. The van der Waals surface area contributed by atoms with Gasteiger partial charge in [-0.3, -0.25) is 9.88 Å². The fourth-order valence-electron chi connectivity index (χ4n) is 2.07. The molecular formula is C12H17BN2O4. The molecule has 0 spiro atoms. The SMILES string of the molecule is CC(C)(C)OC(=O)N1CCc2c(B(O)O)cncc21. The van der Waals surface area contributed by atoms with Gasteiger partial charge in [-0.25, -0.2) is 4.79 Å². The molecule has 2 rings (SSSR count). The van der Waals surface area contributed by atoms with Crippen LogP contribution in [0.1, 0.15) is 26.3 Å². The Bertz CT molecular complexity index is 499. The highest BCUT2D eigenvalue weighted by molar-refractivity contribution is 6.59. The molecular weight excluding hydrogens is 247 g/mol. The third kappa shape index (κ3) is 2.88. The molecule has 0 fully saturated rings. The lowest BCUT2D eigenvalue weighted by molar-refractivity contribution is 0.0584. The second-order valence-electron chi connectivity index (χ2n) is 5.48. The van der Waals surface area contributed by atoms with Gasteiger partial charge in [0, 0.05) is 18.2 Å². The molecule has 0 bridgehead atoms. The first-order chi connectivity index (χ1) is 8.79. The molecule has 0 aromatic carbocycles. The van der Waals surface area contributed by atoms with Crippen molar-refractivity contribution < 1.29 is 19.6 Å². The zero-order chi connectivity index (χ0) is 14.2. The third-order valence-corrected chi connectivity index (χ3v) is 2.84. The first-order valence-corrected chi connectivity index (χ1v) is 6.13. The molecule has 0 atom stereocenters. The minimum absolute atomic E-state index is 0.337. The maximum Gasteiger partial charge on any atom is 0.490 e. The Hall–Kier alpha value is -1.60. The number of carbonyl (C=O) groups is 1. The second kappa shape index (κ2) is 4.83. The summed E-state index contributed by atoms with van der Waals surface area (Å²) in [4.78, 5) is 17.5. The number of ether oxygens (including phenoxy) is 1. The van der Waals surface area contributed by atoms with Crippen molar-refractivity contribution in [3.63, 3.8) is 0 Å². The summed E-state index contributed by atoms with van der Waals surface area (Å²) in [6, 6.07) is 0. The highest BCUT2D eigenvalue weighted by atomic mass is 16.6. The maximum absolute atomic E-state index is 12.1. The van der Waals surface area contributed by atoms with E-state index in [2.05, 4.69) is 4.98 Å². The fraction of sp³-hybridized carbons (Fsp3) is 0.500. The van der Waals surface area contributed by atoms with Crippen LogP contribution in [0.5, 0.6) is 0 Å². The Morgan fingerprint density at radius 3 is 2.68 bits per heavy atom. The molecule has 7 heteroatoms. The van der Waals surface area contributed by atoms with Gasteiger partial charge < -0.3 is 14.8 Å². The van der Waals surface area contributed by atoms with E-state index in [1.165, 1.54) is 17.3 Å². The predicted molar refractivity (Wildman–Crippen MR) is 71.3 cm³/mol. The standard InChI is InChI=1S/C12H17BN2O4/c1-12(2,3)19-11(16)15-5-4-8-9(13(17)18)6-14-7-10(8)15/h6-7,17-18H,4-5H2,1-3H3. The third-order valence-electron chi connectivity index (χ3n) is 2.84. The Morgan fingerprint density at radius 2 is 2.11 bits per heavy atom. The molecule has 0 radical (unpaired) electrons. The van der Waals surface area contributed by atoms with Crippen molar-refractivity contribution in [3.05, 3.63) is 18.0 Å². The molecule has 0 saturated carbocycles. The quantitative estimate of drug-likeness (QED) is 0.701. The monoisotopic (exact) mass is 264 g/mol. The van der Waals surface area contributed by atoms with Gasteiger partial charge in [-0.15, -0.1) is 0 Å². The normalized spacial score (nSPS) is 14.3. The highest BCUT2D eigenvalue weighted by Crippen LogP contribution is 2.27. The summed E-state index contributed by atoms with van der Waals surface area (Å²) >= 11 is 0. The predicted octanol–water partition coefficient (Wildman–Crippen LogP) is 0.0590. The maximum atomic E-state index is 12.1. The van der Waals surface area contributed by atoms with Crippen LogP contribution in [0, 0.1) is 0 Å². The number of pyridine rings is 1. The van der Waals surface area contributed by atoms with Crippen LogP contribution in [0.15, 0.2) is 12.4 Å².